The monoisotopic (exact) mass is 234 g/mol. The van der Waals surface area contributed by atoms with E-state index in [0.717, 1.165) is 31.6 Å². The fourth-order valence-electron chi connectivity index (χ4n) is 1.98. The Hall–Kier alpha value is -1.39. The average Bonchev–Trinajstić information content (AvgIpc) is 2.35. The lowest BCUT2D eigenvalue weighted by Crippen LogP contribution is -2.20. The molecule has 0 aliphatic carbocycles. The van der Waals surface area contributed by atoms with Crippen molar-refractivity contribution in [3.8, 4) is 0 Å². The highest BCUT2D eigenvalue weighted by atomic mass is 16.3. The molecule has 2 rings (SSSR count). The SMILES string of the molecule is O=C1CCc2cc(CNCCCO)ccc2N1. The molecule has 0 saturated carbocycles. The van der Waals surface area contributed by atoms with Gasteiger partial charge in [-0.05, 0) is 36.6 Å². The summed E-state index contributed by atoms with van der Waals surface area (Å²) in [7, 11) is 0. The Morgan fingerprint density at radius 3 is 3.06 bits per heavy atom. The van der Waals surface area contributed by atoms with Crippen molar-refractivity contribution in [2.24, 2.45) is 0 Å². The van der Waals surface area contributed by atoms with Crippen LogP contribution in [-0.2, 0) is 17.8 Å². The molecule has 1 aromatic carbocycles. The summed E-state index contributed by atoms with van der Waals surface area (Å²) in [5.41, 5.74) is 3.38. The van der Waals surface area contributed by atoms with E-state index in [4.69, 9.17) is 5.11 Å². The van der Waals surface area contributed by atoms with Gasteiger partial charge in [0.15, 0.2) is 0 Å². The van der Waals surface area contributed by atoms with Crippen LogP contribution in [0.15, 0.2) is 18.2 Å². The molecule has 0 radical (unpaired) electrons. The first-order valence-electron chi connectivity index (χ1n) is 6.03. The van der Waals surface area contributed by atoms with Gasteiger partial charge in [-0.15, -0.1) is 0 Å². The average molecular weight is 234 g/mol. The Morgan fingerprint density at radius 1 is 1.35 bits per heavy atom. The van der Waals surface area contributed by atoms with E-state index in [2.05, 4.69) is 16.7 Å². The van der Waals surface area contributed by atoms with Gasteiger partial charge in [0.05, 0.1) is 0 Å². The van der Waals surface area contributed by atoms with Crippen LogP contribution >= 0.6 is 0 Å². The van der Waals surface area contributed by atoms with Gasteiger partial charge in [0.2, 0.25) is 5.91 Å². The number of carbonyl (C=O) groups is 1. The second kappa shape index (κ2) is 5.80. The first-order valence-corrected chi connectivity index (χ1v) is 6.03. The number of carbonyl (C=O) groups excluding carboxylic acids is 1. The van der Waals surface area contributed by atoms with E-state index >= 15 is 0 Å². The number of aliphatic hydroxyl groups is 1. The number of hydrogen-bond acceptors (Lipinski definition) is 3. The van der Waals surface area contributed by atoms with Crippen molar-refractivity contribution in [2.45, 2.75) is 25.8 Å². The summed E-state index contributed by atoms with van der Waals surface area (Å²) in [6, 6.07) is 6.13. The summed E-state index contributed by atoms with van der Waals surface area (Å²) < 4.78 is 0. The number of nitrogens with one attached hydrogen (secondary N) is 2. The molecule has 0 aromatic heterocycles. The summed E-state index contributed by atoms with van der Waals surface area (Å²) >= 11 is 0. The Bertz CT molecular complexity index is 404. The van der Waals surface area contributed by atoms with E-state index in [-0.39, 0.29) is 12.5 Å². The third-order valence-electron chi connectivity index (χ3n) is 2.91. The van der Waals surface area contributed by atoms with Crippen LogP contribution in [0.4, 0.5) is 5.69 Å². The van der Waals surface area contributed by atoms with Gasteiger partial charge in [-0.1, -0.05) is 12.1 Å². The lowest BCUT2D eigenvalue weighted by atomic mass is 10.0. The van der Waals surface area contributed by atoms with Crippen LogP contribution in [0, 0.1) is 0 Å². The largest absolute Gasteiger partial charge is 0.396 e. The number of hydrogen-bond donors (Lipinski definition) is 3. The van der Waals surface area contributed by atoms with Crippen LogP contribution in [0.25, 0.3) is 0 Å². The highest BCUT2D eigenvalue weighted by Gasteiger charge is 2.14. The molecule has 0 atom stereocenters. The van der Waals surface area contributed by atoms with E-state index in [1.54, 1.807) is 0 Å². The number of fused-ring (bicyclic) bond motifs is 1. The summed E-state index contributed by atoms with van der Waals surface area (Å²) in [6.45, 7) is 1.86. The van der Waals surface area contributed by atoms with Crippen LogP contribution < -0.4 is 10.6 Å². The molecule has 0 spiro atoms. The smallest absolute Gasteiger partial charge is 0.224 e. The van der Waals surface area contributed by atoms with Crippen LogP contribution in [-0.4, -0.2) is 24.2 Å². The van der Waals surface area contributed by atoms with E-state index < -0.39 is 0 Å². The standard InChI is InChI=1S/C13H18N2O2/c16-7-1-6-14-9-10-2-4-12-11(8-10)3-5-13(17)15-12/h2,4,8,14,16H,1,3,5-7,9H2,(H,15,17). The van der Waals surface area contributed by atoms with Crippen molar-refractivity contribution in [2.75, 3.05) is 18.5 Å². The predicted octanol–water partition coefficient (Wildman–Crippen LogP) is 1.04. The quantitative estimate of drug-likeness (QED) is 0.667. The maximum absolute atomic E-state index is 11.2. The summed E-state index contributed by atoms with van der Waals surface area (Å²) in [4.78, 5) is 11.2. The molecule has 1 heterocycles. The molecule has 0 fully saturated rings. The fourth-order valence-corrected chi connectivity index (χ4v) is 1.98. The third-order valence-corrected chi connectivity index (χ3v) is 2.91. The zero-order chi connectivity index (χ0) is 12.1. The second-order valence-electron chi connectivity index (χ2n) is 4.29. The highest BCUT2D eigenvalue weighted by molar-refractivity contribution is 5.93. The normalized spacial score (nSPS) is 14.3. The van der Waals surface area contributed by atoms with Crippen molar-refractivity contribution in [1.82, 2.24) is 5.32 Å². The Labute approximate surface area is 101 Å². The molecule has 1 amide bonds. The Kier molecular flexibility index (Phi) is 4.12. The van der Waals surface area contributed by atoms with Crippen LogP contribution in [0.1, 0.15) is 24.0 Å². The number of benzene rings is 1. The minimum absolute atomic E-state index is 0.103. The van der Waals surface area contributed by atoms with E-state index in [1.165, 1.54) is 11.1 Å². The number of aliphatic hydroxyl groups excluding tert-OH is 1. The molecule has 1 aliphatic rings. The van der Waals surface area contributed by atoms with Gasteiger partial charge in [0.25, 0.3) is 0 Å². The van der Waals surface area contributed by atoms with Crippen LogP contribution in [0.2, 0.25) is 0 Å². The molecule has 0 unspecified atom stereocenters. The molecule has 0 saturated heterocycles. The molecule has 4 nitrogen and oxygen atoms in total. The molecule has 4 heteroatoms. The maximum Gasteiger partial charge on any atom is 0.224 e. The third kappa shape index (κ3) is 3.28. The minimum Gasteiger partial charge on any atom is -0.396 e. The van der Waals surface area contributed by atoms with Crippen molar-refractivity contribution >= 4 is 11.6 Å². The highest BCUT2D eigenvalue weighted by Crippen LogP contribution is 2.23. The zero-order valence-electron chi connectivity index (χ0n) is 9.83. The van der Waals surface area contributed by atoms with Crippen molar-refractivity contribution in [1.29, 1.82) is 0 Å². The summed E-state index contributed by atoms with van der Waals surface area (Å²) in [5.74, 6) is 0.103. The van der Waals surface area contributed by atoms with Gasteiger partial charge in [-0.2, -0.15) is 0 Å². The molecular weight excluding hydrogens is 216 g/mol. The summed E-state index contributed by atoms with van der Waals surface area (Å²) in [6.07, 6.45) is 2.18. The molecule has 92 valence electrons. The van der Waals surface area contributed by atoms with Gasteiger partial charge >= 0.3 is 0 Å². The first-order chi connectivity index (χ1) is 8.29. The Balaban J connectivity index is 1.94. The van der Waals surface area contributed by atoms with Gasteiger partial charge in [0, 0.05) is 25.3 Å². The van der Waals surface area contributed by atoms with Gasteiger partial charge in [-0.3, -0.25) is 4.79 Å². The molecule has 1 aromatic rings. The van der Waals surface area contributed by atoms with Gasteiger partial charge < -0.3 is 15.7 Å². The maximum atomic E-state index is 11.2. The molecular formula is C13H18N2O2. The number of rotatable bonds is 5. The van der Waals surface area contributed by atoms with E-state index in [0.29, 0.717) is 6.42 Å². The molecule has 0 bridgehead atoms. The van der Waals surface area contributed by atoms with E-state index in [1.807, 2.05) is 12.1 Å². The molecule has 1 aliphatic heterocycles. The number of anilines is 1. The van der Waals surface area contributed by atoms with Crippen LogP contribution in [0.5, 0.6) is 0 Å². The first kappa shape index (κ1) is 12.1. The van der Waals surface area contributed by atoms with Crippen molar-refractivity contribution in [3.63, 3.8) is 0 Å². The lowest BCUT2D eigenvalue weighted by Gasteiger charge is -2.17. The number of aryl methyl sites for hydroxylation is 1. The topological polar surface area (TPSA) is 61.4 Å². The Morgan fingerprint density at radius 2 is 2.24 bits per heavy atom. The molecule has 17 heavy (non-hydrogen) atoms. The van der Waals surface area contributed by atoms with Crippen molar-refractivity contribution < 1.29 is 9.90 Å². The molecule has 3 N–H and O–H groups in total. The van der Waals surface area contributed by atoms with Gasteiger partial charge in [-0.25, -0.2) is 0 Å². The van der Waals surface area contributed by atoms with Gasteiger partial charge in [0.1, 0.15) is 0 Å². The lowest BCUT2D eigenvalue weighted by molar-refractivity contribution is -0.116. The summed E-state index contributed by atoms with van der Waals surface area (Å²) in [5, 5.41) is 14.8. The second-order valence-corrected chi connectivity index (χ2v) is 4.29. The number of amides is 1. The van der Waals surface area contributed by atoms with Crippen molar-refractivity contribution in [3.05, 3.63) is 29.3 Å². The predicted molar refractivity (Wildman–Crippen MR) is 66.8 cm³/mol. The van der Waals surface area contributed by atoms with E-state index in [9.17, 15) is 4.79 Å². The van der Waals surface area contributed by atoms with Crippen LogP contribution in [0.3, 0.4) is 0 Å². The minimum atomic E-state index is 0.103. The zero-order valence-corrected chi connectivity index (χ0v) is 9.83. The fraction of sp³-hybridized carbons (Fsp3) is 0.462.